The van der Waals surface area contributed by atoms with Crippen molar-refractivity contribution < 1.29 is 4.74 Å². The van der Waals surface area contributed by atoms with Gasteiger partial charge in [-0.25, -0.2) is 0 Å². The van der Waals surface area contributed by atoms with Gasteiger partial charge in [-0.2, -0.15) is 0 Å². The molecule has 32 heavy (non-hydrogen) atoms. The Morgan fingerprint density at radius 2 is 1.44 bits per heavy atom. The molecular formula is C28H37N3O. The Labute approximate surface area is 193 Å². The first-order valence-electron chi connectivity index (χ1n) is 11.5. The number of nitrogens with two attached hydrogens (primary N) is 1. The zero-order chi connectivity index (χ0) is 22.8. The lowest BCUT2D eigenvalue weighted by molar-refractivity contribution is -0.0286. The minimum atomic E-state index is 0.0179. The van der Waals surface area contributed by atoms with Crippen molar-refractivity contribution in [2.24, 2.45) is 5.73 Å². The number of likely N-dealkylation sites (N-methyl/N-ethyl adjacent to an activating group) is 1. The van der Waals surface area contributed by atoms with E-state index < -0.39 is 0 Å². The molecule has 0 saturated carbocycles. The predicted octanol–water partition coefficient (Wildman–Crippen LogP) is 5.14. The third kappa shape index (κ3) is 6.75. The Morgan fingerprint density at radius 3 is 1.91 bits per heavy atom. The number of hydrogen-bond donors (Lipinski definition) is 2. The molecule has 1 unspecified atom stereocenters. The zero-order valence-electron chi connectivity index (χ0n) is 19.6. The lowest BCUT2D eigenvalue weighted by Crippen LogP contribution is -2.44. The number of ether oxygens (including phenoxy) is 1. The van der Waals surface area contributed by atoms with Gasteiger partial charge in [0.15, 0.2) is 0 Å². The van der Waals surface area contributed by atoms with Gasteiger partial charge in [-0.1, -0.05) is 60.7 Å². The number of rotatable bonds is 12. The molecule has 0 amide bonds. The Balaban J connectivity index is 1.94. The maximum Gasteiger partial charge on any atom is 0.107 e. The summed E-state index contributed by atoms with van der Waals surface area (Å²) in [4.78, 5) is 2.40. The van der Waals surface area contributed by atoms with Crippen molar-refractivity contribution in [1.29, 1.82) is 0 Å². The predicted molar refractivity (Wildman–Crippen MR) is 135 cm³/mol. The van der Waals surface area contributed by atoms with Crippen molar-refractivity contribution in [3.8, 4) is 22.3 Å². The van der Waals surface area contributed by atoms with Crippen LogP contribution in [0.3, 0.4) is 0 Å². The second-order valence-corrected chi connectivity index (χ2v) is 8.33. The normalized spacial score (nSPS) is 13.3. The van der Waals surface area contributed by atoms with E-state index in [1.807, 2.05) is 7.05 Å². The van der Waals surface area contributed by atoms with Gasteiger partial charge in [0, 0.05) is 26.2 Å². The molecule has 3 aromatic rings. The van der Waals surface area contributed by atoms with E-state index in [-0.39, 0.29) is 6.23 Å². The first-order valence-corrected chi connectivity index (χ1v) is 11.5. The number of benzene rings is 3. The highest BCUT2D eigenvalue weighted by Gasteiger charge is 2.19. The maximum atomic E-state index is 5.75. The fourth-order valence-corrected chi connectivity index (χ4v) is 4.08. The van der Waals surface area contributed by atoms with Crippen molar-refractivity contribution in [3.05, 3.63) is 84.4 Å². The standard InChI is InChI=1S/C28H37N3O/c1-22(32-3)31(21-28(30-2)15-10-16-29)20-23-17-26(24-11-6-4-7-12-24)19-27(18-23)25-13-8-5-9-14-25/h4-9,11-14,17-19,22,28,30H,10,15-16,20-21,29H2,1-3H3/t22?,28-/m0/s1. The summed E-state index contributed by atoms with van der Waals surface area (Å²) in [5.41, 5.74) is 12.0. The van der Waals surface area contributed by atoms with Gasteiger partial charge >= 0.3 is 0 Å². The average Bonchev–Trinajstić information content (AvgIpc) is 2.86. The van der Waals surface area contributed by atoms with E-state index in [0.29, 0.717) is 6.04 Å². The summed E-state index contributed by atoms with van der Waals surface area (Å²) in [6, 6.07) is 28.5. The van der Waals surface area contributed by atoms with E-state index in [1.165, 1.54) is 27.8 Å². The summed E-state index contributed by atoms with van der Waals surface area (Å²) >= 11 is 0. The van der Waals surface area contributed by atoms with Crippen LogP contribution in [0.4, 0.5) is 0 Å². The second-order valence-electron chi connectivity index (χ2n) is 8.33. The van der Waals surface area contributed by atoms with Crippen LogP contribution in [0.2, 0.25) is 0 Å². The van der Waals surface area contributed by atoms with Gasteiger partial charge in [0.05, 0.1) is 0 Å². The van der Waals surface area contributed by atoms with Gasteiger partial charge in [0.2, 0.25) is 0 Å². The SMILES string of the molecule is CN[C@@H](CCCN)CN(Cc1cc(-c2ccccc2)cc(-c2ccccc2)c1)C(C)OC. The smallest absolute Gasteiger partial charge is 0.107 e. The van der Waals surface area contributed by atoms with Gasteiger partial charge in [0.25, 0.3) is 0 Å². The minimum absolute atomic E-state index is 0.0179. The molecule has 0 aromatic heterocycles. The molecular weight excluding hydrogens is 394 g/mol. The monoisotopic (exact) mass is 431 g/mol. The van der Waals surface area contributed by atoms with E-state index in [9.17, 15) is 0 Å². The largest absolute Gasteiger partial charge is 0.367 e. The van der Waals surface area contributed by atoms with Crippen LogP contribution in [0.25, 0.3) is 22.3 Å². The van der Waals surface area contributed by atoms with E-state index in [1.54, 1.807) is 7.11 Å². The summed E-state index contributed by atoms with van der Waals surface area (Å²) in [6.45, 7) is 4.56. The number of hydrogen-bond acceptors (Lipinski definition) is 4. The Hall–Kier alpha value is -2.50. The third-order valence-electron chi connectivity index (χ3n) is 6.07. The fraction of sp³-hybridized carbons (Fsp3) is 0.357. The fourth-order valence-electron chi connectivity index (χ4n) is 4.08. The van der Waals surface area contributed by atoms with E-state index in [4.69, 9.17) is 10.5 Å². The average molecular weight is 432 g/mol. The molecule has 0 radical (unpaired) electrons. The van der Waals surface area contributed by atoms with Crippen molar-refractivity contribution in [3.63, 3.8) is 0 Å². The van der Waals surface area contributed by atoms with Crippen molar-refractivity contribution in [1.82, 2.24) is 10.2 Å². The Bertz CT molecular complexity index is 872. The summed E-state index contributed by atoms with van der Waals surface area (Å²) in [7, 11) is 3.81. The van der Waals surface area contributed by atoms with Crippen LogP contribution in [0, 0.1) is 0 Å². The molecule has 0 aliphatic heterocycles. The second kappa shape index (κ2) is 12.5. The van der Waals surface area contributed by atoms with Crippen molar-refractivity contribution in [2.45, 2.75) is 38.6 Å². The minimum Gasteiger partial charge on any atom is -0.367 e. The van der Waals surface area contributed by atoms with Gasteiger partial charge in [-0.15, -0.1) is 0 Å². The molecule has 3 rings (SSSR count). The molecule has 4 heteroatoms. The number of nitrogens with one attached hydrogen (secondary N) is 1. The van der Waals surface area contributed by atoms with Gasteiger partial charge in [-0.3, -0.25) is 4.90 Å². The molecule has 3 aromatic carbocycles. The third-order valence-corrected chi connectivity index (χ3v) is 6.07. The van der Waals surface area contributed by atoms with Crippen LogP contribution in [-0.4, -0.2) is 44.4 Å². The van der Waals surface area contributed by atoms with E-state index in [0.717, 1.165) is 32.5 Å². The van der Waals surface area contributed by atoms with Crippen LogP contribution >= 0.6 is 0 Å². The first kappa shape index (κ1) is 24.1. The van der Waals surface area contributed by atoms with E-state index >= 15 is 0 Å². The van der Waals surface area contributed by atoms with Crippen molar-refractivity contribution >= 4 is 0 Å². The van der Waals surface area contributed by atoms with E-state index in [2.05, 4.69) is 96.0 Å². The summed E-state index contributed by atoms with van der Waals surface area (Å²) in [6.07, 6.45) is 2.09. The van der Waals surface area contributed by atoms with Crippen LogP contribution in [0.1, 0.15) is 25.3 Å². The van der Waals surface area contributed by atoms with Crippen molar-refractivity contribution in [2.75, 3.05) is 27.2 Å². The molecule has 0 heterocycles. The highest BCUT2D eigenvalue weighted by molar-refractivity contribution is 5.74. The molecule has 4 nitrogen and oxygen atoms in total. The van der Waals surface area contributed by atoms with Crippen LogP contribution in [-0.2, 0) is 11.3 Å². The van der Waals surface area contributed by atoms with Crippen LogP contribution in [0.5, 0.6) is 0 Å². The van der Waals surface area contributed by atoms with Gasteiger partial charge in [-0.05, 0) is 79.4 Å². The topological polar surface area (TPSA) is 50.5 Å². The Kier molecular flexibility index (Phi) is 9.44. The lowest BCUT2D eigenvalue weighted by Gasteiger charge is -2.32. The molecule has 0 bridgehead atoms. The number of nitrogens with zero attached hydrogens (tertiary/aromatic N) is 1. The highest BCUT2D eigenvalue weighted by atomic mass is 16.5. The quantitative estimate of drug-likeness (QED) is 0.390. The van der Waals surface area contributed by atoms with Gasteiger partial charge in [0.1, 0.15) is 6.23 Å². The number of methoxy groups -OCH3 is 1. The first-order chi connectivity index (χ1) is 15.6. The molecule has 0 aliphatic rings. The zero-order valence-corrected chi connectivity index (χ0v) is 19.6. The molecule has 3 N–H and O–H groups in total. The lowest BCUT2D eigenvalue weighted by atomic mass is 9.96. The molecule has 170 valence electrons. The molecule has 2 atom stereocenters. The summed E-state index contributed by atoms with van der Waals surface area (Å²) < 4.78 is 5.74. The molecule has 0 aliphatic carbocycles. The summed E-state index contributed by atoms with van der Waals surface area (Å²) in [5.74, 6) is 0. The van der Waals surface area contributed by atoms with Gasteiger partial charge < -0.3 is 15.8 Å². The summed E-state index contributed by atoms with van der Waals surface area (Å²) in [5, 5.41) is 3.45. The van der Waals surface area contributed by atoms with Crippen LogP contribution in [0.15, 0.2) is 78.9 Å². The van der Waals surface area contributed by atoms with Crippen LogP contribution < -0.4 is 11.1 Å². The molecule has 0 fully saturated rings. The highest BCUT2D eigenvalue weighted by Crippen LogP contribution is 2.29. The molecule has 0 saturated heterocycles. The Morgan fingerprint density at radius 1 is 0.875 bits per heavy atom. The molecule has 0 spiro atoms. The maximum absolute atomic E-state index is 5.75.